The summed E-state index contributed by atoms with van der Waals surface area (Å²) in [4.78, 5) is 12.4. The van der Waals surface area contributed by atoms with Gasteiger partial charge in [0.15, 0.2) is 11.5 Å². The van der Waals surface area contributed by atoms with Gasteiger partial charge in [-0.25, -0.2) is 4.68 Å². The van der Waals surface area contributed by atoms with Gasteiger partial charge in [-0.3, -0.25) is 9.48 Å². The molecule has 4 aromatic rings. The second kappa shape index (κ2) is 7.65. The maximum absolute atomic E-state index is 12.4. The Hall–Kier alpha value is -3.74. The molecule has 0 aliphatic heterocycles. The van der Waals surface area contributed by atoms with E-state index in [-0.39, 0.29) is 5.91 Å². The first-order valence-electron chi connectivity index (χ1n) is 8.59. The maximum atomic E-state index is 12.4. The number of nitrogens with one attached hydrogen (secondary N) is 1. The molecule has 1 amide bonds. The third-order valence-corrected chi connectivity index (χ3v) is 4.03. The van der Waals surface area contributed by atoms with Crippen molar-refractivity contribution in [2.75, 3.05) is 5.32 Å². The molecule has 0 fully saturated rings. The van der Waals surface area contributed by atoms with Crippen LogP contribution in [0.1, 0.15) is 21.6 Å². The lowest BCUT2D eigenvalue weighted by atomic mass is 10.2. The molecule has 0 bridgehead atoms. The number of hydrogen-bond donors (Lipinski definition) is 1. The van der Waals surface area contributed by atoms with E-state index in [9.17, 15) is 4.79 Å². The van der Waals surface area contributed by atoms with Crippen molar-refractivity contribution in [1.82, 2.24) is 24.8 Å². The van der Waals surface area contributed by atoms with Crippen LogP contribution in [0.15, 0.2) is 79.1 Å². The fraction of sp³-hybridized carbons (Fsp3) is 0.100. The zero-order chi connectivity index (χ0) is 18.5. The predicted octanol–water partition coefficient (Wildman–Crippen LogP) is 2.82. The third kappa shape index (κ3) is 4.27. The fourth-order valence-electron chi connectivity index (χ4n) is 2.73. The van der Waals surface area contributed by atoms with Gasteiger partial charge >= 0.3 is 0 Å². The minimum atomic E-state index is -0.312. The molecular weight excluding hydrogens is 340 g/mol. The Bertz CT molecular complexity index is 1020. The molecule has 0 saturated carbocycles. The number of amides is 1. The first-order chi connectivity index (χ1) is 13.3. The first kappa shape index (κ1) is 16.7. The second-order valence-corrected chi connectivity index (χ2v) is 6.13. The van der Waals surface area contributed by atoms with Crippen molar-refractivity contribution in [3.63, 3.8) is 0 Å². The molecule has 0 radical (unpaired) electrons. The fourth-order valence-corrected chi connectivity index (χ4v) is 2.73. The zero-order valence-corrected chi connectivity index (χ0v) is 14.6. The molecule has 0 spiro atoms. The Balaban J connectivity index is 1.38. The van der Waals surface area contributed by atoms with Crippen LogP contribution >= 0.6 is 0 Å². The smallest absolute Gasteiger partial charge is 0.277 e. The van der Waals surface area contributed by atoms with Crippen molar-refractivity contribution in [2.24, 2.45) is 0 Å². The van der Waals surface area contributed by atoms with E-state index in [2.05, 4.69) is 20.7 Å². The van der Waals surface area contributed by atoms with Gasteiger partial charge in [-0.15, -0.1) is 5.10 Å². The first-order valence-corrected chi connectivity index (χ1v) is 8.59. The van der Waals surface area contributed by atoms with E-state index in [4.69, 9.17) is 0 Å². The van der Waals surface area contributed by atoms with Crippen LogP contribution in [0.3, 0.4) is 0 Å². The SMILES string of the molecule is O=C(Nc1cn(Cc2ccccc2)nn1)c1ccn(Cc2ccccc2)n1. The van der Waals surface area contributed by atoms with Gasteiger partial charge in [0.25, 0.3) is 5.91 Å². The zero-order valence-electron chi connectivity index (χ0n) is 14.6. The summed E-state index contributed by atoms with van der Waals surface area (Å²) >= 11 is 0. The molecule has 0 atom stereocenters. The number of carbonyl (C=O) groups excluding carboxylic acids is 1. The van der Waals surface area contributed by atoms with Crippen molar-refractivity contribution in [3.05, 3.63) is 95.9 Å². The van der Waals surface area contributed by atoms with Gasteiger partial charge in [0.05, 0.1) is 19.3 Å². The van der Waals surface area contributed by atoms with Crippen molar-refractivity contribution in [1.29, 1.82) is 0 Å². The summed E-state index contributed by atoms with van der Waals surface area (Å²) in [5.74, 6) is 0.0853. The van der Waals surface area contributed by atoms with Gasteiger partial charge in [-0.05, 0) is 17.2 Å². The molecule has 0 unspecified atom stereocenters. The molecule has 27 heavy (non-hydrogen) atoms. The van der Waals surface area contributed by atoms with Gasteiger partial charge < -0.3 is 5.32 Å². The second-order valence-electron chi connectivity index (χ2n) is 6.13. The number of aromatic nitrogens is 5. The van der Waals surface area contributed by atoms with Gasteiger partial charge in [-0.1, -0.05) is 65.9 Å². The van der Waals surface area contributed by atoms with Crippen LogP contribution in [0.5, 0.6) is 0 Å². The van der Waals surface area contributed by atoms with E-state index in [1.807, 2.05) is 60.7 Å². The lowest BCUT2D eigenvalue weighted by Crippen LogP contribution is -2.14. The summed E-state index contributed by atoms with van der Waals surface area (Å²) in [6, 6.07) is 21.6. The number of benzene rings is 2. The molecule has 134 valence electrons. The molecule has 0 saturated heterocycles. The topological polar surface area (TPSA) is 77.6 Å². The molecule has 1 N–H and O–H groups in total. The van der Waals surface area contributed by atoms with E-state index in [1.165, 1.54) is 0 Å². The molecule has 0 aliphatic carbocycles. The number of carbonyl (C=O) groups is 1. The van der Waals surface area contributed by atoms with Crippen LogP contribution in [-0.2, 0) is 13.1 Å². The summed E-state index contributed by atoms with van der Waals surface area (Å²) in [7, 11) is 0. The molecule has 7 nitrogen and oxygen atoms in total. The van der Waals surface area contributed by atoms with Crippen molar-refractivity contribution in [2.45, 2.75) is 13.1 Å². The summed E-state index contributed by atoms with van der Waals surface area (Å²) in [5, 5.41) is 15.1. The van der Waals surface area contributed by atoms with E-state index in [0.717, 1.165) is 11.1 Å². The third-order valence-electron chi connectivity index (χ3n) is 4.03. The minimum absolute atomic E-state index is 0.312. The van der Waals surface area contributed by atoms with Gasteiger partial charge in [0.2, 0.25) is 0 Å². The van der Waals surface area contributed by atoms with E-state index >= 15 is 0 Å². The normalized spacial score (nSPS) is 10.7. The van der Waals surface area contributed by atoms with Gasteiger partial charge in [-0.2, -0.15) is 5.10 Å². The average Bonchev–Trinajstić information content (AvgIpc) is 3.33. The lowest BCUT2D eigenvalue weighted by Gasteiger charge is -2.01. The quantitative estimate of drug-likeness (QED) is 0.575. The molecule has 7 heteroatoms. The van der Waals surface area contributed by atoms with Crippen LogP contribution in [0.2, 0.25) is 0 Å². The highest BCUT2D eigenvalue weighted by Gasteiger charge is 2.12. The van der Waals surface area contributed by atoms with E-state index in [0.29, 0.717) is 24.6 Å². The molecular formula is C20H18N6O. The molecule has 4 rings (SSSR count). The van der Waals surface area contributed by atoms with Gasteiger partial charge in [0, 0.05) is 6.20 Å². The highest BCUT2D eigenvalue weighted by atomic mass is 16.2. The summed E-state index contributed by atoms with van der Waals surface area (Å²) in [5.41, 5.74) is 2.57. The number of rotatable bonds is 6. The predicted molar refractivity (Wildman–Crippen MR) is 101 cm³/mol. The minimum Gasteiger partial charge on any atom is -0.302 e. The van der Waals surface area contributed by atoms with Crippen LogP contribution in [0, 0.1) is 0 Å². The Labute approximate surface area is 156 Å². The molecule has 2 aromatic heterocycles. The standard InChI is InChI=1S/C20H18N6O/c27-20(18-11-12-25(23-18)13-16-7-3-1-4-8-16)21-19-15-26(24-22-19)14-17-9-5-2-6-10-17/h1-12,15H,13-14H2,(H,21,27). The Morgan fingerprint density at radius 3 is 2.15 bits per heavy atom. The average molecular weight is 358 g/mol. The van der Waals surface area contributed by atoms with Crippen molar-refractivity contribution >= 4 is 11.7 Å². The van der Waals surface area contributed by atoms with E-state index < -0.39 is 0 Å². The molecule has 0 aliphatic rings. The summed E-state index contributed by atoms with van der Waals surface area (Å²) in [6.07, 6.45) is 3.49. The Morgan fingerprint density at radius 2 is 1.48 bits per heavy atom. The Kier molecular flexibility index (Phi) is 4.74. The lowest BCUT2D eigenvalue weighted by molar-refractivity contribution is 0.102. The molecule has 2 heterocycles. The number of anilines is 1. The van der Waals surface area contributed by atoms with Crippen LogP contribution < -0.4 is 5.32 Å². The van der Waals surface area contributed by atoms with E-state index in [1.54, 1.807) is 27.8 Å². The maximum Gasteiger partial charge on any atom is 0.277 e. The highest BCUT2D eigenvalue weighted by Crippen LogP contribution is 2.08. The highest BCUT2D eigenvalue weighted by molar-refractivity contribution is 6.02. The monoisotopic (exact) mass is 358 g/mol. The van der Waals surface area contributed by atoms with Gasteiger partial charge in [0.1, 0.15) is 0 Å². The largest absolute Gasteiger partial charge is 0.302 e. The van der Waals surface area contributed by atoms with Crippen LogP contribution in [0.25, 0.3) is 0 Å². The molecule has 2 aromatic carbocycles. The van der Waals surface area contributed by atoms with Crippen molar-refractivity contribution < 1.29 is 4.79 Å². The van der Waals surface area contributed by atoms with Crippen LogP contribution in [0.4, 0.5) is 5.82 Å². The number of nitrogens with zero attached hydrogens (tertiary/aromatic N) is 5. The summed E-state index contributed by atoms with van der Waals surface area (Å²) < 4.78 is 3.41. The number of hydrogen-bond acceptors (Lipinski definition) is 4. The van der Waals surface area contributed by atoms with Crippen LogP contribution in [-0.4, -0.2) is 30.7 Å². The Morgan fingerprint density at radius 1 is 0.852 bits per heavy atom. The van der Waals surface area contributed by atoms with Crippen molar-refractivity contribution in [3.8, 4) is 0 Å². The summed E-state index contributed by atoms with van der Waals surface area (Å²) in [6.45, 7) is 1.21.